The van der Waals surface area contributed by atoms with Crippen LogP contribution in [0.25, 0.3) is 0 Å². The number of ether oxygens (including phenoxy) is 1. The fourth-order valence-electron chi connectivity index (χ4n) is 5.81. The minimum atomic E-state index is -0.652. The first kappa shape index (κ1) is 28.7. The molecule has 0 aromatic heterocycles. The maximum atomic E-state index is 14.1. The van der Waals surface area contributed by atoms with Crippen molar-refractivity contribution in [3.05, 3.63) is 115 Å². The summed E-state index contributed by atoms with van der Waals surface area (Å²) in [5, 5.41) is 11.0. The SMILES string of the molecule is Cc1cc(C)c(C2C(C#N)=C(N)N(c3ccc(F)c(Cl)c3)C3=C2C(=O)CC(C)(C)C3)cc1COc1ccc(Cl)cc1. The molecule has 210 valence electrons. The molecule has 2 N–H and O–H groups in total. The molecule has 0 spiro atoms. The van der Waals surface area contributed by atoms with Crippen molar-refractivity contribution in [2.45, 2.75) is 53.1 Å². The van der Waals surface area contributed by atoms with Gasteiger partial charge in [0, 0.05) is 28.4 Å². The van der Waals surface area contributed by atoms with Gasteiger partial charge in [-0.25, -0.2) is 4.39 Å². The monoisotopic (exact) mass is 589 g/mol. The highest BCUT2D eigenvalue weighted by Gasteiger charge is 2.45. The zero-order valence-corrected chi connectivity index (χ0v) is 24.8. The number of rotatable bonds is 5. The Morgan fingerprint density at radius 3 is 2.44 bits per heavy atom. The molecule has 5 rings (SSSR count). The number of carbonyl (C=O) groups excluding carboxylic acids is 1. The number of nitriles is 1. The van der Waals surface area contributed by atoms with Crippen molar-refractivity contribution in [3.8, 4) is 11.8 Å². The maximum Gasteiger partial charge on any atom is 0.162 e. The number of nitrogens with zero attached hydrogens (tertiary/aromatic N) is 2. The Kier molecular flexibility index (Phi) is 7.63. The van der Waals surface area contributed by atoms with Crippen LogP contribution in [-0.4, -0.2) is 5.78 Å². The van der Waals surface area contributed by atoms with E-state index >= 15 is 0 Å². The number of allylic oxidation sites excluding steroid dienone is 3. The molecule has 3 aromatic rings. The Bertz CT molecular complexity index is 1670. The van der Waals surface area contributed by atoms with Crippen LogP contribution in [0.4, 0.5) is 10.1 Å². The Morgan fingerprint density at radius 2 is 1.78 bits per heavy atom. The van der Waals surface area contributed by atoms with Gasteiger partial charge >= 0.3 is 0 Å². The zero-order chi connectivity index (χ0) is 29.6. The molecular weight excluding hydrogens is 560 g/mol. The van der Waals surface area contributed by atoms with Gasteiger partial charge in [-0.2, -0.15) is 5.26 Å². The van der Waals surface area contributed by atoms with Crippen molar-refractivity contribution in [2.24, 2.45) is 11.1 Å². The molecule has 0 radical (unpaired) electrons. The smallest absolute Gasteiger partial charge is 0.162 e. The number of halogens is 3. The first-order valence-electron chi connectivity index (χ1n) is 13.3. The van der Waals surface area contributed by atoms with E-state index < -0.39 is 11.7 Å². The molecule has 3 aromatic carbocycles. The number of anilines is 1. The van der Waals surface area contributed by atoms with E-state index in [0.29, 0.717) is 47.2 Å². The second-order valence-corrected chi connectivity index (χ2v) is 12.3. The van der Waals surface area contributed by atoms with E-state index in [0.717, 1.165) is 22.3 Å². The lowest BCUT2D eigenvalue weighted by Crippen LogP contribution is -2.42. The molecule has 1 atom stereocenters. The van der Waals surface area contributed by atoms with Gasteiger partial charge < -0.3 is 10.5 Å². The topological polar surface area (TPSA) is 79.4 Å². The molecule has 5 nitrogen and oxygen atoms in total. The Hall–Kier alpha value is -3.79. The summed E-state index contributed by atoms with van der Waals surface area (Å²) in [6.45, 7) is 8.33. The quantitative estimate of drug-likeness (QED) is 0.324. The second kappa shape index (κ2) is 10.9. The van der Waals surface area contributed by atoms with E-state index in [1.807, 2.05) is 39.8 Å². The van der Waals surface area contributed by atoms with Crippen molar-refractivity contribution in [2.75, 3.05) is 4.90 Å². The lowest BCUT2D eigenvalue weighted by Gasteiger charge is -2.44. The van der Waals surface area contributed by atoms with Crippen LogP contribution in [0.15, 0.2) is 77.3 Å². The molecule has 0 bridgehead atoms. The third-order valence-electron chi connectivity index (χ3n) is 7.79. The zero-order valence-electron chi connectivity index (χ0n) is 23.3. The lowest BCUT2D eigenvalue weighted by molar-refractivity contribution is -0.118. The predicted octanol–water partition coefficient (Wildman–Crippen LogP) is 8.27. The molecule has 1 unspecified atom stereocenters. The molecule has 2 aliphatic rings. The highest BCUT2D eigenvalue weighted by Crippen LogP contribution is 2.51. The molecular formula is C33H30Cl2FN3O2. The van der Waals surface area contributed by atoms with E-state index in [9.17, 15) is 14.4 Å². The average molecular weight is 591 g/mol. The molecule has 41 heavy (non-hydrogen) atoms. The Balaban J connectivity index is 1.66. The van der Waals surface area contributed by atoms with Gasteiger partial charge in [0.05, 0.1) is 22.6 Å². The third-order valence-corrected chi connectivity index (χ3v) is 8.33. The van der Waals surface area contributed by atoms with Gasteiger partial charge in [-0.3, -0.25) is 9.69 Å². The first-order valence-corrected chi connectivity index (χ1v) is 14.1. The molecule has 1 aliphatic carbocycles. The number of aryl methyl sites for hydroxylation is 2. The van der Waals surface area contributed by atoms with Gasteiger partial charge in [-0.05, 0) is 90.4 Å². The van der Waals surface area contributed by atoms with Crippen LogP contribution in [0.5, 0.6) is 5.75 Å². The van der Waals surface area contributed by atoms with E-state index in [1.54, 1.807) is 35.2 Å². The van der Waals surface area contributed by atoms with Crippen molar-refractivity contribution in [1.29, 1.82) is 5.26 Å². The highest BCUT2D eigenvalue weighted by atomic mass is 35.5. The van der Waals surface area contributed by atoms with Crippen LogP contribution in [0.3, 0.4) is 0 Å². The Labute approximate surface area is 249 Å². The number of hydrogen-bond donors (Lipinski definition) is 1. The van der Waals surface area contributed by atoms with Crippen molar-refractivity contribution < 1.29 is 13.9 Å². The van der Waals surface area contributed by atoms with Gasteiger partial charge in [0.2, 0.25) is 0 Å². The minimum Gasteiger partial charge on any atom is -0.489 e. The van der Waals surface area contributed by atoms with E-state index in [-0.39, 0.29) is 27.6 Å². The van der Waals surface area contributed by atoms with Gasteiger partial charge in [0.15, 0.2) is 5.78 Å². The standard InChI is InChI=1S/C33H30Cl2FN3O2/c1-18-11-19(2)24(12-20(18)17-41-23-8-5-21(34)6-9-23)30-25(16-37)32(38)39(22-7-10-27(36)26(35)13-22)28-14-33(3,4)15-29(40)31(28)30/h5-13,30H,14-15,17,38H2,1-4H3. The lowest BCUT2D eigenvalue weighted by atomic mass is 9.68. The van der Waals surface area contributed by atoms with Gasteiger partial charge in [-0.1, -0.05) is 49.2 Å². The number of nitrogens with two attached hydrogens (primary N) is 1. The minimum absolute atomic E-state index is 0.0429. The maximum absolute atomic E-state index is 14.1. The summed E-state index contributed by atoms with van der Waals surface area (Å²) in [6.07, 6.45) is 0.868. The van der Waals surface area contributed by atoms with E-state index in [2.05, 4.69) is 6.07 Å². The summed E-state index contributed by atoms with van der Waals surface area (Å²) < 4.78 is 20.1. The fraction of sp³-hybridized carbons (Fsp3) is 0.273. The van der Waals surface area contributed by atoms with Crippen LogP contribution in [0.1, 0.15) is 54.9 Å². The molecule has 0 amide bonds. The molecule has 1 aliphatic heterocycles. The van der Waals surface area contributed by atoms with Gasteiger partial charge in [0.1, 0.15) is 24.0 Å². The number of benzene rings is 3. The predicted molar refractivity (Wildman–Crippen MR) is 160 cm³/mol. The molecule has 1 heterocycles. The third kappa shape index (κ3) is 5.45. The second-order valence-electron chi connectivity index (χ2n) is 11.5. The highest BCUT2D eigenvalue weighted by molar-refractivity contribution is 6.31. The average Bonchev–Trinajstić information content (AvgIpc) is 2.90. The van der Waals surface area contributed by atoms with Crippen molar-refractivity contribution >= 4 is 34.7 Å². The number of Topliss-reactive ketones (excluding diaryl/α,β-unsaturated/α-hetero) is 1. The normalized spacial score (nSPS) is 18.3. The fourth-order valence-corrected chi connectivity index (χ4v) is 6.11. The molecule has 8 heteroatoms. The van der Waals surface area contributed by atoms with Crippen LogP contribution < -0.4 is 15.4 Å². The summed E-state index contributed by atoms with van der Waals surface area (Å²) in [6, 6.07) is 17.8. The van der Waals surface area contributed by atoms with Gasteiger partial charge in [0.25, 0.3) is 0 Å². The summed E-state index contributed by atoms with van der Waals surface area (Å²) in [5.74, 6) is -0.382. The van der Waals surface area contributed by atoms with Crippen LogP contribution in [0.2, 0.25) is 10.0 Å². The summed E-state index contributed by atoms with van der Waals surface area (Å²) in [4.78, 5) is 15.6. The summed E-state index contributed by atoms with van der Waals surface area (Å²) >= 11 is 12.2. The van der Waals surface area contributed by atoms with Crippen molar-refractivity contribution in [3.63, 3.8) is 0 Å². The van der Waals surface area contributed by atoms with Gasteiger partial charge in [-0.15, -0.1) is 0 Å². The van der Waals surface area contributed by atoms with Crippen molar-refractivity contribution in [1.82, 2.24) is 0 Å². The van der Waals surface area contributed by atoms with E-state index in [1.165, 1.54) is 12.1 Å². The van der Waals surface area contributed by atoms with Crippen LogP contribution >= 0.6 is 23.2 Å². The number of hydrogen-bond acceptors (Lipinski definition) is 5. The summed E-state index contributed by atoms with van der Waals surface area (Å²) in [5.41, 5.74) is 12.1. The van der Waals surface area contributed by atoms with Crippen LogP contribution in [0, 0.1) is 36.4 Å². The molecule has 0 fully saturated rings. The first-order chi connectivity index (χ1) is 19.4. The van der Waals surface area contributed by atoms with Crippen LogP contribution in [-0.2, 0) is 11.4 Å². The summed E-state index contributed by atoms with van der Waals surface area (Å²) in [7, 11) is 0. The largest absolute Gasteiger partial charge is 0.489 e. The Morgan fingerprint density at radius 1 is 1.07 bits per heavy atom. The molecule has 0 saturated carbocycles. The number of carbonyl (C=O) groups is 1. The van der Waals surface area contributed by atoms with E-state index in [4.69, 9.17) is 33.7 Å². The molecule has 0 saturated heterocycles. The number of ketones is 1.